The Labute approximate surface area is 99.8 Å². The molecule has 0 unspecified atom stereocenters. The minimum atomic E-state index is -0.410. The molecule has 1 aromatic carbocycles. The van der Waals surface area contributed by atoms with E-state index in [9.17, 15) is 4.79 Å². The molecule has 1 rings (SSSR count). The second-order valence-corrected chi connectivity index (χ2v) is 4.06. The van der Waals surface area contributed by atoms with Gasteiger partial charge in [-0.1, -0.05) is 30.7 Å². The van der Waals surface area contributed by atoms with Gasteiger partial charge >= 0.3 is 5.37 Å². The molecule has 0 bridgehead atoms. The van der Waals surface area contributed by atoms with E-state index in [1.165, 1.54) is 0 Å². The summed E-state index contributed by atoms with van der Waals surface area (Å²) < 4.78 is 0. The number of benzene rings is 1. The summed E-state index contributed by atoms with van der Waals surface area (Å²) in [5.74, 6) is 0. The molecule has 1 aromatic rings. The van der Waals surface area contributed by atoms with Crippen molar-refractivity contribution in [2.24, 2.45) is 0 Å². The molecule has 0 fully saturated rings. The van der Waals surface area contributed by atoms with Gasteiger partial charge in [-0.15, -0.1) is 0 Å². The molecule has 82 valence electrons. The molecule has 0 aromatic heterocycles. The fourth-order valence-electron chi connectivity index (χ4n) is 1.31. The maximum Gasteiger partial charge on any atom is 0.316 e. The van der Waals surface area contributed by atoms with Gasteiger partial charge in [-0.25, -0.2) is 0 Å². The summed E-state index contributed by atoms with van der Waals surface area (Å²) >= 11 is 11.2. The average molecular weight is 246 g/mol. The van der Waals surface area contributed by atoms with Gasteiger partial charge in [0.1, 0.15) is 0 Å². The van der Waals surface area contributed by atoms with Gasteiger partial charge in [-0.3, -0.25) is 4.79 Å². The molecule has 0 N–H and O–H groups in total. The van der Waals surface area contributed by atoms with E-state index in [0.717, 1.165) is 12.0 Å². The molecule has 4 heteroatoms. The Morgan fingerprint density at radius 3 is 2.40 bits per heavy atom. The SMILES string of the molecule is CCCN(Cc1ccc(Cl)cc1)C(=O)Cl. The molecule has 1 amide bonds. The zero-order chi connectivity index (χ0) is 11.3. The first kappa shape index (κ1) is 12.3. The first-order valence-electron chi connectivity index (χ1n) is 4.82. The Morgan fingerprint density at radius 1 is 1.33 bits per heavy atom. The van der Waals surface area contributed by atoms with Crippen molar-refractivity contribution >= 4 is 28.6 Å². The number of halogens is 2. The van der Waals surface area contributed by atoms with Crippen LogP contribution in [0.15, 0.2) is 24.3 Å². The Hall–Kier alpha value is -0.730. The lowest BCUT2D eigenvalue weighted by molar-refractivity contribution is 0.219. The molecule has 0 heterocycles. The summed E-state index contributed by atoms with van der Waals surface area (Å²) in [5.41, 5.74) is 1.03. The van der Waals surface area contributed by atoms with Crippen LogP contribution in [0.25, 0.3) is 0 Å². The van der Waals surface area contributed by atoms with Crippen LogP contribution < -0.4 is 0 Å². The molecule has 0 saturated heterocycles. The standard InChI is InChI=1S/C11H13Cl2NO/c1-2-7-14(11(13)15)8-9-3-5-10(12)6-4-9/h3-6H,2,7-8H2,1H3. The summed E-state index contributed by atoms with van der Waals surface area (Å²) in [5, 5.41) is 0.282. The van der Waals surface area contributed by atoms with Crippen LogP contribution in [0.4, 0.5) is 4.79 Å². The lowest BCUT2D eigenvalue weighted by Gasteiger charge is -2.18. The second-order valence-electron chi connectivity index (χ2n) is 3.30. The van der Waals surface area contributed by atoms with Gasteiger partial charge in [0.25, 0.3) is 0 Å². The van der Waals surface area contributed by atoms with Gasteiger partial charge < -0.3 is 4.90 Å². The largest absolute Gasteiger partial charge is 0.325 e. The third-order valence-electron chi connectivity index (χ3n) is 2.03. The summed E-state index contributed by atoms with van der Waals surface area (Å²) in [6.45, 7) is 3.22. The van der Waals surface area contributed by atoms with E-state index >= 15 is 0 Å². The molecule has 0 atom stereocenters. The summed E-state index contributed by atoms with van der Waals surface area (Å²) in [4.78, 5) is 12.7. The smallest absolute Gasteiger partial charge is 0.316 e. The normalized spacial score (nSPS) is 10.1. The van der Waals surface area contributed by atoms with Crippen LogP contribution in [-0.4, -0.2) is 16.8 Å². The maximum absolute atomic E-state index is 11.1. The predicted molar refractivity (Wildman–Crippen MR) is 63.4 cm³/mol. The number of hydrogen-bond acceptors (Lipinski definition) is 1. The van der Waals surface area contributed by atoms with Crippen LogP contribution in [0.2, 0.25) is 5.02 Å². The minimum absolute atomic E-state index is 0.410. The predicted octanol–water partition coefficient (Wildman–Crippen LogP) is 3.91. The van der Waals surface area contributed by atoms with E-state index in [0.29, 0.717) is 18.1 Å². The second kappa shape index (κ2) is 5.99. The topological polar surface area (TPSA) is 20.3 Å². The van der Waals surface area contributed by atoms with Crippen molar-refractivity contribution in [2.75, 3.05) is 6.54 Å². The molecular formula is C11H13Cl2NO. The first-order valence-corrected chi connectivity index (χ1v) is 5.58. The van der Waals surface area contributed by atoms with Gasteiger partial charge in [0.15, 0.2) is 0 Å². The van der Waals surface area contributed by atoms with E-state index in [-0.39, 0.29) is 0 Å². The van der Waals surface area contributed by atoms with Crippen LogP contribution in [-0.2, 0) is 6.54 Å². The molecule has 0 aliphatic heterocycles. The van der Waals surface area contributed by atoms with Gasteiger partial charge in [-0.05, 0) is 35.7 Å². The van der Waals surface area contributed by atoms with Crippen LogP contribution in [0.1, 0.15) is 18.9 Å². The first-order chi connectivity index (χ1) is 7.13. The van der Waals surface area contributed by atoms with E-state index in [2.05, 4.69) is 0 Å². The molecule has 0 aliphatic rings. The van der Waals surface area contributed by atoms with Gasteiger partial charge in [-0.2, -0.15) is 0 Å². The van der Waals surface area contributed by atoms with Crippen LogP contribution in [0.5, 0.6) is 0 Å². The van der Waals surface area contributed by atoms with E-state index in [4.69, 9.17) is 23.2 Å². The van der Waals surface area contributed by atoms with Crippen molar-refractivity contribution in [3.63, 3.8) is 0 Å². The van der Waals surface area contributed by atoms with Gasteiger partial charge in [0, 0.05) is 18.1 Å². The Bertz CT molecular complexity index is 324. The molecule has 0 aliphatic carbocycles. The molecular weight excluding hydrogens is 233 g/mol. The Kier molecular flexibility index (Phi) is 4.92. The third-order valence-corrected chi connectivity index (χ3v) is 2.52. The van der Waals surface area contributed by atoms with Crippen molar-refractivity contribution in [2.45, 2.75) is 19.9 Å². The summed E-state index contributed by atoms with van der Waals surface area (Å²) in [6, 6.07) is 7.40. The van der Waals surface area contributed by atoms with E-state index < -0.39 is 5.37 Å². The Morgan fingerprint density at radius 2 is 1.93 bits per heavy atom. The summed E-state index contributed by atoms with van der Waals surface area (Å²) in [7, 11) is 0. The zero-order valence-electron chi connectivity index (χ0n) is 8.54. The highest BCUT2D eigenvalue weighted by atomic mass is 35.5. The minimum Gasteiger partial charge on any atom is -0.325 e. The van der Waals surface area contributed by atoms with Crippen LogP contribution >= 0.6 is 23.2 Å². The van der Waals surface area contributed by atoms with Crippen molar-refractivity contribution in [3.8, 4) is 0 Å². The van der Waals surface area contributed by atoms with Crippen molar-refractivity contribution < 1.29 is 4.79 Å². The lowest BCUT2D eigenvalue weighted by atomic mass is 10.2. The highest BCUT2D eigenvalue weighted by Crippen LogP contribution is 2.12. The highest BCUT2D eigenvalue weighted by Gasteiger charge is 2.09. The average Bonchev–Trinajstić information content (AvgIpc) is 2.20. The molecule has 0 radical (unpaired) electrons. The van der Waals surface area contributed by atoms with Gasteiger partial charge in [0.05, 0.1) is 0 Å². The fraction of sp³-hybridized carbons (Fsp3) is 0.364. The fourth-order valence-corrected chi connectivity index (χ4v) is 1.58. The van der Waals surface area contributed by atoms with Crippen molar-refractivity contribution in [1.29, 1.82) is 0 Å². The highest BCUT2D eigenvalue weighted by molar-refractivity contribution is 6.62. The van der Waals surface area contributed by atoms with E-state index in [1.54, 1.807) is 17.0 Å². The van der Waals surface area contributed by atoms with Crippen LogP contribution in [0.3, 0.4) is 0 Å². The van der Waals surface area contributed by atoms with E-state index in [1.807, 2.05) is 19.1 Å². The monoisotopic (exact) mass is 245 g/mol. The zero-order valence-corrected chi connectivity index (χ0v) is 10.1. The molecule has 2 nitrogen and oxygen atoms in total. The van der Waals surface area contributed by atoms with Gasteiger partial charge in [0.2, 0.25) is 0 Å². The number of hydrogen-bond donors (Lipinski definition) is 0. The number of carbonyl (C=O) groups excluding carboxylic acids is 1. The quantitative estimate of drug-likeness (QED) is 0.582. The van der Waals surface area contributed by atoms with Crippen molar-refractivity contribution in [3.05, 3.63) is 34.9 Å². The van der Waals surface area contributed by atoms with Crippen molar-refractivity contribution in [1.82, 2.24) is 4.90 Å². The van der Waals surface area contributed by atoms with Crippen LogP contribution in [0, 0.1) is 0 Å². The summed E-state index contributed by atoms with van der Waals surface area (Å²) in [6.07, 6.45) is 0.895. The number of rotatable bonds is 4. The molecule has 15 heavy (non-hydrogen) atoms. The third kappa shape index (κ3) is 4.10. The number of nitrogens with zero attached hydrogens (tertiary/aromatic N) is 1. The lowest BCUT2D eigenvalue weighted by Crippen LogP contribution is -2.26. The Balaban J connectivity index is 2.65. The number of amides is 1. The maximum atomic E-state index is 11.1. The molecule has 0 spiro atoms. The molecule has 0 saturated carbocycles. The number of carbonyl (C=O) groups is 1.